The molecule has 0 aromatic carbocycles. The molecule has 0 radical (unpaired) electrons. The van der Waals surface area contributed by atoms with E-state index in [4.69, 9.17) is 0 Å². The van der Waals surface area contributed by atoms with E-state index in [1.807, 2.05) is 27.9 Å². The van der Waals surface area contributed by atoms with Crippen LogP contribution in [0, 0.1) is 5.41 Å². The minimum absolute atomic E-state index is 0.157. The van der Waals surface area contributed by atoms with Gasteiger partial charge in [-0.05, 0) is 33.1 Å². The minimum atomic E-state index is 0.157. The first-order valence-electron chi connectivity index (χ1n) is 7.28. The van der Waals surface area contributed by atoms with E-state index < -0.39 is 0 Å². The summed E-state index contributed by atoms with van der Waals surface area (Å²) < 4.78 is 0. The molecular formula is C16H32N4. The third-order valence-corrected chi connectivity index (χ3v) is 3.64. The molecule has 0 aliphatic rings. The van der Waals surface area contributed by atoms with Gasteiger partial charge in [0.05, 0.1) is 11.4 Å². The molecule has 2 N–H and O–H groups in total. The van der Waals surface area contributed by atoms with Crippen molar-refractivity contribution in [1.82, 2.24) is 10.6 Å². The summed E-state index contributed by atoms with van der Waals surface area (Å²) in [6.45, 7) is 14.6. The van der Waals surface area contributed by atoms with Crippen LogP contribution < -0.4 is 10.6 Å². The molecule has 0 aliphatic carbocycles. The van der Waals surface area contributed by atoms with Crippen LogP contribution >= 0.6 is 0 Å². The fraction of sp³-hybridized carbons (Fsp3) is 0.750. The molecule has 0 aromatic rings. The summed E-state index contributed by atoms with van der Waals surface area (Å²) >= 11 is 0. The standard InChI is InChI=1S/C16H32N4/c1-9-15(14(4)18-8)20-11-16(5,6)10-19-13(3)12(2)17-7/h9,13,19-20H,10-11H2,1-8H3/b15-9-,17-12?,18-14?. The van der Waals surface area contributed by atoms with Crippen molar-refractivity contribution < 1.29 is 0 Å². The SMILES string of the molecule is C/C=C(\NCC(C)(C)CNC(C)C(C)=NC)C(C)=NC. The van der Waals surface area contributed by atoms with Crippen LogP contribution in [0.1, 0.15) is 41.5 Å². The van der Waals surface area contributed by atoms with Crippen molar-refractivity contribution in [3.05, 3.63) is 11.8 Å². The first kappa shape index (κ1) is 18.8. The van der Waals surface area contributed by atoms with E-state index in [1.54, 1.807) is 0 Å². The molecule has 0 rings (SSSR count). The number of allylic oxidation sites excluding steroid dienone is 2. The molecular weight excluding hydrogens is 248 g/mol. The van der Waals surface area contributed by atoms with Gasteiger partial charge in [0.1, 0.15) is 0 Å². The van der Waals surface area contributed by atoms with E-state index in [2.05, 4.69) is 54.4 Å². The van der Waals surface area contributed by atoms with E-state index >= 15 is 0 Å². The fourth-order valence-corrected chi connectivity index (χ4v) is 1.73. The first-order valence-corrected chi connectivity index (χ1v) is 7.28. The molecule has 4 nitrogen and oxygen atoms in total. The second kappa shape index (κ2) is 8.90. The van der Waals surface area contributed by atoms with Gasteiger partial charge >= 0.3 is 0 Å². The molecule has 0 saturated carbocycles. The molecule has 0 fully saturated rings. The quantitative estimate of drug-likeness (QED) is 0.672. The molecule has 1 atom stereocenters. The van der Waals surface area contributed by atoms with Crippen LogP contribution in [-0.4, -0.2) is 44.7 Å². The van der Waals surface area contributed by atoms with Gasteiger partial charge < -0.3 is 10.6 Å². The van der Waals surface area contributed by atoms with Crippen molar-refractivity contribution in [2.45, 2.75) is 47.6 Å². The molecule has 4 heteroatoms. The van der Waals surface area contributed by atoms with E-state index in [0.717, 1.165) is 30.2 Å². The highest BCUT2D eigenvalue weighted by molar-refractivity contribution is 5.97. The molecule has 0 aliphatic heterocycles. The summed E-state index contributed by atoms with van der Waals surface area (Å²) in [5.41, 5.74) is 3.44. The smallest absolute Gasteiger partial charge is 0.0541 e. The zero-order valence-corrected chi connectivity index (χ0v) is 14.5. The van der Waals surface area contributed by atoms with Crippen LogP contribution in [0.3, 0.4) is 0 Å². The summed E-state index contributed by atoms with van der Waals surface area (Å²) in [6.07, 6.45) is 2.07. The highest BCUT2D eigenvalue weighted by Gasteiger charge is 2.19. The van der Waals surface area contributed by atoms with Crippen molar-refractivity contribution in [1.29, 1.82) is 0 Å². The Hall–Kier alpha value is -1.16. The molecule has 20 heavy (non-hydrogen) atoms. The molecule has 0 saturated heterocycles. The Morgan fingerprint density at radius 2 is 1.75 bits per heavy atom. The largest absolute Gasteiger partial charge is 0.383 e. The zero-order chi connectivity index (χ0) is 15.8. The first-order chi connectivity index (χ1) is 9.27. The lowest BCUT2D eigenvalue weighted by Gasteiger charge is -2.28. The van der Waals surface area contributed by atoms with Gasteiger partial charge in [0.25, 0.3) is 0 Å². The van der Waals surface area contributed by atoms with Crippen LogP contribution in [0.4, 0.5) is 0 Å². The van der Waals surface area contributed by atoms with Gasteiger partial charge in [-0.3, -0.25) is 9.98 Å². The van der Waals surface area contributed by atoms with Gasteiger partial charge in [-0.1, -0.05) is 19.9 Å². The van der Waals surface area contributed by atoms with E-state index in [0.29, 0.717) is 6.04 Å². The number of hydrogen-bond donors (Lipinski definition) is 2. The van der Waals surface area contributed by atoms with E-state index in [-0.39, 0.29) is 5.41 Å². The van der Waals surface area contributed by atoms with E-state index in [1.165, 1.54) is 0 Å². The van der Waals surface area contributed by atoms with Crippen molar-refractivity contribution in [3.8, 4) is 0 Å². The molecule has 1 unspecified atom stereocenters. The maximum atomic E-state index is 4.22. The molecule has 0 aromatic heterocycles. The highest BCUT2D eigenvalue weighted by atomic mass is 15.0. The van der Waals surface area contributed by atoms with Crippen LogP contribution in [0.5, 0.6) is 0 Å². The van der Waals surface area contributed by atoms with Crippen molar-refractivity contribution in [2.75, 3.05) is 27.2 Å². The number of aliphatic imine (C=N–C) groups is 2. The lowest BCUT2D eigenvalue weighted by Crippen LogP contribution is -2.43. The monoisotopic (exact) mass is 280 g/mol. The number of hydrogen-bond acceptors (Lipinski definition) is 4. The lowest BCUT2D eigenvalue weighted by molar-refractivity contribution is 0.329. The van der Waals surface area contributed by atoms with Crippen molar-refractivity contribution >= 4 is 11.4 Å². The average Bonchev–Trinajstić information content (AvgIpc) is 2.43. The van der Waals surface area contributed by atoms with Gasteiger partial charge in [0, 0.05) is 38.9 Å². The lowest BCUT2D eigenvalue weighted by atomic mass is 9.92. The Bertz CT molecular complexity index is 378. The van der Waals surface area contributed by atoms with Crippen LogP contribution in [0.25, 0.3) is 0 Å². The summed E-state index contributed by atoms with van der Waals surface area (Å²) in [6, 6.07) is 0.319. The summed E-state index contributed by atoms with van der Waals surface area (Å²) in [5, 5.41) is 7.03. The third-order valence-electron chi connectivity index (χ3n) is 3.64. The zero-order valence-electron chi connectivity index (χ0n) is 14.5. The van der Waals surface area contributed by atoms with Crippen LogP contribution in [0.2, 0.25) is 0 Å². The second-order valence-corrected chi connectivity index (χ2v) is 6.00. The van der Waals surface area contributed by atoms with Gasteiger partial charge in [-0.15, -0.1) is 0 Å². The van der Waals surface area contributed by atoms with Crippen LogP contribution in [0.15, 0.2) is 21.8 Å². The Morgan fingerprint density at radius 3 is 2.20 bits per heavy atom. The van der Waals surface area contributed by atoms with Gasteiger partial charge in [0.15, 0.2) is 0 Å². The average molecular weight is 280 g/mol. The maximum absolute atomic E-state index is 4.22. The van der Waals surface area contributed by atoms with Crippen LogP contribution in [-0.2, 0) is 0 Å². The van der Waals surface area contributed by atoms with Gasteiger partial charge in [-0.25, -0.2) is 0 Å². The minimum Gasteiger partial charge on any atom is -0.383 e. The normalized spacial score (nSPS) is 16.3. The van der Waals surface area contributed by atoms with E-state index in [9.17, 15) is 0 Å². The predicted molar refractivity (Wildman–Crippen MR) is 91.1 cm³/mol. The topological polar surface area (TPSA) is 48.8 Å². The van der Waals surface area contributed by atoms with Crippen molar-refractivity contribution in [3.63, 3.8) is 0 Å². The Kier molecular flexibility index (Phi) is 8.39. The third kappa shape index (κ3) is 6.85. The van der Waals surface area contributed by atoms with Gasteiger partial charge in [0.2, 0.25) is 0 Å². The highest BCUT2D eigenvalue weighted by Crippen LogP contribution is 2.13. The molecule has 0 spiro atoms. The molecule has 0 bridgehead atoms. The Morgan fingerprint density at radius 1 is 1.15 bits per heavy atom. The molecule has 116 valence electrons. The van der Waals surface area contributed by atoms with Gasteiger partial charge in [-0.2, -0.15) is 0 Å². The predicted octanol–water partition coefficient (Wildman–Crippen LogP) is 2.67. The summed E-state index contributed by atoms with van der Waals surface area (Å²) in [5.74, 6) is 0. The number of nitrogens with zero attached hydrogens (tertiary/aromatic N) is 2. The maximum Gasteiger partial charge on any atom is 0.0541 e. The second-order valence-electron chi connectivity index (χ2n) is 6.00. The Balaban J connectivity index is 4.39. The number of rotatable bonds is 8. The van der Waals surface area contributed by atoms with Crippen molar-refractivity contribution in [2.24, 2.45) is 15.4 Å². The molecule has 0 amide bonds. The summed E-state index contributed by atoms with van der Waals surface area (Å²) in [7, 11) is 3.66. The summed E-state index contributed by atoms with van der Waals surface area (Å²) in [4.78, 5) is 8.45. The fourth-order valence-electron chi connectivity index (χ4n) is 1.73. The Labute approximate surface area is 124 Å². The molecule has 0 heterocycles. The number of nitrogens with one attached hydrogen (secondary N) is 2.